The van der Waals surface area contributed by atoms with Gasteiger partial charge in [-0.15, -0.1) is 0 Å². The van der Waals surface area contributed by atoms with E-state index in [0.29, 0.717) is 5.92 Å². The van der Waals surface area contributed by atoms with Gasteiger partial charge in [0.1, 0.15) is 11.6 Å². The van der Waals surface area contributed by atoms with Crippen LogP contribution in [0.1, 0.15) is 30.1 Å². The number of benzene rings is 2. The molecule has 1 N–H and O–H groups in total. The first-order valence-corrected chi connectivity index (χ1v) is 10.8. The highest BCUT2D eigenvalue weighted by Gasteiger charge is 2.23. The van der Waals surface area contributed by atoms with Gasteiger partial charge >= 0.3 is 0 Å². The Morgan fingerprint density at radius 3 is 2.65 bits per heavy atom. The first-order valence-electron chi connectivity index (χ1n) is 10.8. The Balaban J connectivity index is 1.28. The minimum absolute atomic E-state index is 0.254. The highest BCUT2D eigenvalue weighted by atomic mass is 19.1. The van der Waals surface area contributed by atoms with Crippen LogP contribution in [0.4, 0.5) is 4.39 Å². The molecule has 156 valence electrons. The number of aromatic nitrogens is 3. The Kier molecular flexibility index (Phi) is 5.59. The van der Waals surface area contributed by atoms with Gasteiger partial charge in [0, 0.05) is 36.3 Å². The molecule has 0 saturated carbocycles. The van der Waals surface area contributed by atoms with Crippen LogP contribution in [0, 0.1) is 5.82 Å². The van der Waals surface area contributed by atoms with E-state index in [-0.39, 0.29) is 5.82 Å². The molecule has 2 aromatic heterocycles. The van der Waals surface area contributed by atoms with Gasteiger partial charge in [0.25, 0.3) is 0 Å². The number of nitrogens with one attached hydrogen (secondary N) is 1. The molecule has 1 saturated heterocycles. The van der Waals surface area contributed by atoms with Crippen molar-refractivity contribution in [3.63, 3.8) is 0 Å². The molecule has 0 unspecified atom stereocenters. The highest BCUT2D eigenvalue weighted by Crippen LogP contribution is 2.28. The second-order valence-corrected chi connectivity index (χ2v) is 8.18. The lowest BCUT2D eigenvalue weighted by Gasteiger charge is -2.31. The lowest BCUT2D eigenvalue weighted by atomic mass is 9.97. The van der Waals surface area contributed by atoms with Crippen molar-refractivity contribution >= 4 is 0 Å². The topological polar surface area (TPSA) is 44.8 Å². The van der Waals surface area contributed by atoms with Crippen LogP contribution in [-0.2, 0) is 6.54 Å². The second kappa shape index (κ2) is 8.82. The standard InChI is InChI=1S/C26H25FN4/c27-23-10-4-8-20(14-23)24-12-11-21(15-28-24)25-16-29-26(30-25)22-9-5-13-31(18-22)17-19-6-2-1-3-7-19/h1-4,6-8,10-12,14-16,22H,5,9,13,17-18H2,(H,29,30)/t22-/m1/s1. The van der Waals surface area contributed by atoms with E-state index < -0.39 is 0 Å². The molecule has 2 aromatic carbocycles. The average molecular weight is 413 g/mol. The zero-order chi connectivity index (χ0) is 21.0. The van der Waals surface area contributed by atoms with Crippen molar-refractivity contribution in [3.05, 3.63) is 96.3 Å². The van der Waals surface area contributed by atoms with E-state index in [1.165, 1.54) is 24.1 Å². The first kappa shape index (κ1) is 19.6. The summed E-state index contributed by atoms with van der Waals surface area (Å²) in [6, 6.07) is 21.1. The molecular weight excluding hydrogens is 387 g/mol. The third kappa shape index (κ3) is 4.57. The van der Waals surface area contributed by atoms with Crippen molar-refractivity contribution < 1.29 is 4.39 Å². The summed E-state index contributed by atoms with van der Waals surface area (Å²) in [5.74, 6) is 1.20. The fraction of sp³-hybridized carbons (Fsp3) is 0.231. The Bertz CT molecular complexity index is 1140. The first-order chi connectivity index (χ1) is 15.2. The predicted octanol–water partition coefficient (Wildman–Crippen LogP) is 5.66. The second-order valence-electron chi connectivity index (χ2n) is 8.18. The molecular formula is C26H25FN4. The molecule has 0 bridgehead atoms. The van der Waals surface area contributed by atoms with Crippen LogP contribution in [0.25, 0.3) is 22.5 Å². The number of imidazole rings is 1. The van der Waals surface area contributed by atoms with Gasteiger partial charge in [0.15, 0.2) is 0 Å². The third-order valence-electron chi connectivity index (χ3n) is 5.93. The van der Waals surface area contributed by atoms with E-state index in [4.69, 9.17) is 4.98 Å². The molecule has 3 heterocycles. The number of hydrogen-bond acceptors (Lipinski definition) is 3. The number of H-pyrrole nitrogens is 1. The van der Waals surface area contributed by atoms with Crippen molar-refractivity contribution in [2.75, 3.05) is 13.1 Å². The fourth-order valence-corrected chi connectivity index (χ4v) is 4.33. The summed E-state index contributed by atoms with van der Waals surface area (Å²) in [5, 5.41) is 0. The maximum atomic E-state index is 13.5. The van der Waals surface area contributed by atoms with Crippen LogP contribution in [0.5, 0.6) is 0 Å². The van der Waals surface area contributed by atoms with Gasteiger partial charge in [0.2, 0.25) is 0 Å². The molecule has 0 radical (unpaired) electrons. The van der Waals surface area contributed by atoms with Crippen LogP contribution in [0.15, 0.2) is 79.1 Å². The summed E-state index contributed by atoms with van der Waals surface area (Å²) in [4.78, 5) is 15.2. The summed E-state index contributed by atoms with van der Waals surface area (Å²) >= 11 is 0. The van der Waals surface area contributed by atoms with Crippen LogP contribution in [0.2, 0.25) is 0 Å². The van der Waals surface area contributed by atoms with Gasteiger partial charge in [-0.2, -0.15) is 0 Å². The zero-order valence-corrected chi connectivity index (χ0v) is 17.3. The Morgan fingerprint density at radius 2 is 1.84 bits per heavy atom. The number of aromatic amines is 1. The van der Waals surface area contributed by atoms with E-state index in [2.05, 4.69) is 45.2 Å². The minimum Gasteiger partial charge on any atom is -0.342 e. The maximum absolute atomic E-state index is 13.5. The van der Waals surface area contributed by atoms with E-state index in [9.17, 15) is 4.39 Å². The van der Waals surface area contributed by atoms with Gasteiger partial charge in [-0.05, 0) is 49.2 Å². The monoisotopic (exact) mass is 412 g/mol. The van der Waals surface area contributed by atoms with Gasteiger partial charge in [-0.25, -0.2) is 9.37 Å². The zero-order valence-electron chi connectivity index (χ0n) is 17.3. The number of halogens is 1. The molecule has 1 fully saturated rings. The molecule has 1 atom stereocenters. The molecule has 0 amide bonds. The summed E-state index contributed by atoms with van der Waals surface area (Å²) in [5.41, 5.74) is 4.83. The lowest BCUT2D eigenvalue weighted by molar-refractivity contribution is 0.197. The molecule has 4 aromatic rings. The summed E-state index contributed by atoms with van der Waals surface area (Å²) in [6.45, 7) is 3.12. The quantitative estimate of drug-likeness (QED) is 0.460. The number of rotatable bonds is 5. The Morgan fingerprint density at radius 1 is 0.935 bits per heavy atom. The van der Waals surface area contributed by atoms with Crippen molar-refractivity contribution in [2.45, 2.75) is 25.3 Å². The number of nitrogens with zero attached hydrogens (tertiary/aromatic N) is 3. The van der Waals surface area contributed by atoms with Crippen LogP contribution >= 0.6 is 0 Å². The molecule has 31 heavy (non-hydrogen) atoms. The molecule has 1 aliphatic heterocycles. The smallest absolute Gasteiger partial charge is 0.123 e. The van der Waals surface area contributed by atoms with E-state index >= 15 is 0 Å². The van der Waals surface area contributed by atoms with Crippen molar-refractivity contribution in [2.24, 2.45) is 0 Å². The molecule has 0 spiro atoms. The van der Waals surface area contributed by atoms with Crippen molar-refractivity contribution in [1.82, 2.24) is 19.9 Å². The number of piperidine rings is 1. The number of hydrogen-bond donors (Lipinski definition) is 1. The van der Waals surface area contributed by atoms with Gasteiger partial charge < -0.3 is 4.98 Å². The predicted molar refractivity (Wildman–Crippen MR) is 121 cm³/mol. The average Bonchev–Trinajstić information content (AvgIpc) is 3.31. The summed E-state index contributed by atoms with van der Waals surface area (Å²) in [7, 11) is 0. The van der Waals surface area contributed by atoms with Crippen LogP contribution < -0.4 is 0 Å². The molecule has 0 aliphatic carbocycles. The fourth-order valence-electron chi connectivity index (χ4n) is 4.33. The van der Waals surface area contributed by atoms with Gasteiger partial charge in [-0.1, -0.05) is 42.5 Å². The molecule has 4 nitrogen and oxygen atoms in total. The van der Waals surface area contributed by atoms with Crippen LogP contribution in [0.3, 0.4) is 0 Å². The normalized spacial score (nSPS) is 17.0. The summed E-state index contributed by atoms with van der Waals surface area (Å²) < 4.78 is 13.5. The minimum atomic E-state index is -0.254. The van der Waals surface area contributed by atoms with Gasteiger partial charge in [0.05, 0.1) is 17.6 Å². The Hall–Kier alpha value is -3.31. The van der Waals surface area contributed by atoms with E-state index in [1.54, 1.807) is 6.07 Å². The highest BCUT2D eigenvalue weighted by molar-refractivity contribution is 5.64. The molecule has 5 heteroatoms. The van der Waals surface area contributed by atoms with Gasteiger partial charge in [-0.3, -0.25) is 9.88 Å². The maximum Gasteiger partial charge on any atom is 0.123 e. The summed E-state index contributed by atoms with van der Waals surface area (Å²) in [6.07, 6.45) is 6.04. The largest absolute Gasteiger partial charge is 0.342 e. The lowest BCUT2D eigenvalue weighted by Crippen LogP contribution is -2.34. The van der Waals surface area contributed by atoms with Crippen LogP contribution in [-0.4, -0.2) is 32.9 Å². The Labute approximate surface area is 181 Å². The number of pyridine rings is 1. The molecule has 1 aliphatic rings. The third-order valence-corrected chi connectivity index (χ3v) is 5.93. The van der Waals surface area contributed by atoms with Crippen molar-refractivity contribution in [1.29, 1.82) is 0 Å². The van der Waals surface area contributed by atoms with E-state index in [0.717, 1.165) is 54.4 Å². The number of likely N-dealkylation sites (tertiary alicyclic amines) is 1. The van der Waals surface area contributed by atoms with E-state index in [1.807, 2.05) is 30.6 Å². The molecule has 5 rings (SSSR count). The SMILES string of the molecule is Fc1cccc(-c2ccc(-c3cnc([C@@H]4CCCN(Cc5ccccc5)C4)[nH]3)cn2)c1. The van der Waals surface area contributed by atoms with Crippen molar-refractivity contribution in [3.8, 4) is 22.5 Å².